The molecule has 126 valence electrons. The van der Waals surface area contributed by atoms with Crippen molar-refractivity contribution in [2.24, 2.45) is 0 Å². The van der Waals surface area contributed by atoms with Crippen molar-refractivity contribution < 1.29 is 23.7 Å². The first kappa shape index (κ1) is 19.6. The van der Waals surface area contributed by atoms with Crippen molar-refractivity contribution in [1.82, 2.24) is 0 Å². The third-order valence-electron chi connectivity index (χ3n) is 2.84. The Bertz CT molecular complexity index is 241. The predicted molar refractivity (Wildman–Crippen MR) is 85.8 cm³/mol. The summed E-state index contributed by atoms with van der Waals surface area (Å²) in [6, 6.07) is 0.837. The summed E-state index contributed by atoms with van der Waals surface area (Å²) in [5, 5.41) is 0. The van der Waals surface area contributed by atoms with Gasteiger partial charge in [0.2, 0.25) is 6.69 Å². The molecule has 0 aromatic heterocycles. The fourth-order valence-corrected chi connectivity index (χ4v) is 3.34. The van der Waals surface area contributed by atoms with E-state index in [1.165, 1.54) is 0 Å². The molecule has 1 aliphatic rings. The van der Waals surface area contributed by atoms with Crippen molar-refractivity contribution in [3.05, 3.63) is 0 Å². The van der Waals surface area contributed by atoms with E-state index in [-0.39, 0.29) is 6.10 Å². The molecule has 0 spiro atoms. The Hall–Kier alpha value is 0.597. The van der Waals surface area contributed by atoms with E-state index >= 15 is 0 Å². The van der Waals surface area contributed by atoms with Gasteiger partial charge in [0, 0.05) is 6.61 Å². The minimum atomic E-state index is -2.01. The van der Waals surface area contributed by atoms with Crippen LogP contribution in [-0.4, -0.2) is 72.3 Å². The van der Waals surface area contributed by atoms with Gasteiger partial charge in [-0.05, 0) is 19.0 Å². The zero-order valence-electron chi connectivity index (χ0n) is 12.7. The lowest BCUT2D eigenvalue weighted by Gasteiger charge is -2.19. The van der Waals surface area contributed by atoms with Crippen molar-refractivity contribution in [3.8, 4) is 0 Å². The molecule has 1 saturated heterocycles. The Kier molecular flexibility index (Phi) is 11.3. The molecule has 5 nitrogen and oxygen atoms in total. The topological polar surface area (TPSA) is 46.2 Å². The second-order valence-corrected chi connectivity index (χ2v) is 13.3. The highest BCUT2D eigenvalue weighted by Crippen LogP contribution is 2.21. The molecule has 1 atom stereocenters. The number of hydrogen-bond donors (Lipinski definition) is 0. The summed E-state index contributed by atoms with van der Waals surface area (Å²) < 4.78 is 27.6. The summed E-state index contributed by atoms with van der Waals surface area (Å²) in [4.78, 5) is 0. The molecule has 0 aromatic rings. The summed E-state index contributed by atoms with van der Waals surface area (Å²) in [6.45, 7) is 4.97. The third kappa shape index (κ3) is 12.8. The number of ether oxygens (including phenoxy) is 5. The van der Waals surface area contributed by atoms with Gasteiger partial charge in [-0.1, -0.05) is 0 Å². The summed E-state index contributed by atoms with van der Waals surface area (Å²) in [6.07, 6.45) is 0.795. The van der Waals surface area contributed by atoms with Gasteiger partial charge in [-0.2, -0.15) is 0 Å². The minimum Gasteiger partial charge on any atom is -0.379 e. The van der Waals surface area contributed by atoms with Gasteiger partial charge in [0.05, 0.1) is 52.9 Å². The maximum Gasteiger partial charge on any atom is 0.248 e. The number of rotatable bonds is 6. The lowest BCUT2D eigenvalue weighted by molar-refractivity contribution is -0.0901. The smallest absolute Gasteiger partial charge is 0.248 e. The predicted octanol–water partition coefficient (Wildman–Crippen LogP) is 2.39. The summed E-state index contributed by atoms with van der Waals surface area (Å²) in [7, 11) is 0. The molecule has 8 heteroatoms. The maximum absolute atomic E-state index is 6.04. The fraction of sp³-hybridized carbons (Fsp3) is 1.00. The van der Waals surface area contributed by atoms with Gasteiger partial charge in [-0.3, -0.25) is 0 Å². The van der Waals surface area contributed by atoms with Gasteiger partial charge >= 0.3 is 0 Å². The summed E-state index contributed by atoms with van der Waals surface area (Å²) >= 11 is 12.1. The molecule has 1 heterocycles. The molecule has 1 unspecified atom stereocenters. The molecular formula is C13H26Cl2O5Si. The number of hydrogen-bond acceptors (Lipinski definition) is 5. The molecular weight excluding hydrogens is 335 g/mol. The quantitative estimate of drug-likeness (QED) is 0.413. The van der Waals surface area contributed by atoms with Crippen LogP contribution in [0.5, 0.6) is 0 Å². The van der Waals surface area contributed by atoms with Gasteiger partial charge in [-0.15, -0.1) is 22.2 Å². The molecule has 0 saturated carbocycles. The largest absolute Gasteiger partial charge is 0.379 e. The Morgan fingerprint density at radius 1 is 1.00 bits per heavy atom. The second kappa shape index (κ2) is 12.1. The van der Waals surface area contributed by atoms with Crippen molar-refractivity contribution in [3.63, 3.8) is 0 Å². The van der Waals surface area contributed by atoms with Crippen LogP contribution in [0.25, 0.3) is 0 Å². The highest BCUT2D eigenvalue weighted by molar-refractivity contribution is 7.44. The Morgan fingerprint density at radius 3 is 2.29 bits per heavy atom. The molecule has 0 aromatic carbocycles. The molecule has 21 heavy (non-hydrogen) atoms. The van der Waals surface area contributed by atoms with E-state index in [2.05, 4.69) is 0 Å². The van der Waals surface area contributed by atoms with Gasteiger partial charge in [-0.25, -0.2) is 0 Å². The maximum atomic E-state index is 6.04. The molecule has 1 aliphatic heterocycles. The lowest BCUT2D eigenvalue weighted by atomic mass is 10.4. The molecule has 1 rings (SSSR count). The highest BCUT2D eigenvalue weighted by atomic mass is 35.7. The Labute approximate surface area is 137 Å². The van der Waals surface area contributed by atoms with E-state index in [9.17, 15) is 0 Å². The molecule has 0 amide bonds. The van der Waals surface area contributed by atoms with Crippen molar-refractivity contribution in [1.29, 1.82) is 0 Å². The third-order valence-corrected chi connectivity index (χ3v) is 5.20. The van der Waals surface area contributed by atoms with Crippen LogP contribution in [-0.2, 0) is 23.7 Å². The SMILES string of the molecule is C[Si](Cl)(Cl)CCCOCC1COCCOCCOCCO1. The molecule has 0 aliphatic carbocycles. The van der Waals surface area contributed by atoms with Gasteiger partial charge < -0.3 is 23.7 Å². The van der Waals surface area contributed by atoms with E-state index < -0.39 is 6.69 Å². The van der Waals surface area contributed by atoms with E-state index in [0.29, 0.717) is 59.5 Å². The average Bonchev–Trinajstić information content (AvgIpc) is 2.39. The Balaban J connectivity index is 2.13. The van der Waals surface area contributed by atoms with E-state index in [0.717, 1.165) is 12.5 Å². The standard InChI is InChI=1S/C13H26Cl2O5Si/c1-21(14,15)10-2-3-18-11-13-12-19-7-6-16-4-5-17-8-9-20-13/h13H,2-12H2,1H3. The first-order valence-corrected chi connectivity index (χ1v) is 12.1. The Morgan fingerprint density at radius 2 is 1.62 bits per heavy atom. The van der Waals surface area contributed by atoms with Gasteiger partial charge in [0.15, 0.2) is 0 Å². The van der Waals surface area contributed by atoms with Crippen LogP contribution < -0.4 is 0 Å². The molecule has 0 bridgehead atoms. The number of halogens is 2. The van der Waals surface area contributed by atoms with Gasteiger partial charge in [0.25, 0.3) is 0 Å². The van der Waals surface area contributed by atoms with E-state index in [1.54, 1.807) is 0 Å². The minimum absolute atomic E-state index is 0.0799. The first-order valence-electron chi connectivity index (χ1n) is 7.38. The van der Waals surface area contributed by atoms with E-state index in [4.69, 9.17) is 45.8 Å². The lowest BCUT2D eigenvalue weighted by Crippen LogP contribution is -2.29. The monoisotopic (exact) mass is 360 g/mol. The zero-order valence-corrected chi connectivity index (χ0v) is 15.2. The molecule has 1 fully saturated rings. The zero-order chi connectivity index (χ0) is 15.4. The van der Waals surface area contributed by atoms with Crippen LogP contribution in [0.2, 0.25) is 12.6 Å². The van der Waals surface area contributed by atoms with Crippen molar-refractivity contribution >= 4 is 28.9 Å². The van der Waals surface area contributed by atoms with Crippen molar-refractivity contribution in [2.75, 3.05) is 59.5 Å². The highest BCUT2D eigenvalue weighted by Gasteiger charge is 2.20. The van der Waals surface area contributed by atoms with E-state index in [1.807, 2.05) is 6.55 Å². The summed E-state index contributed by atoms with van der Waals surface area (Å²) in [5.74, 6) is 0. The van der Waals surface area contributed by atoms with Crippen LogP contribution in [0.1, 0.15) is 6.42 Å². The second-order valence-electron chi connectivity index (χ2n) is 5.04. The van der Waals surface area contributed by atoms with Crippen LogP contribution in [0.3, 0.4) is 0 Å². The fourth-order valence-electron chi connectivity index (χ4n) is 1.77. The van der Waals surface area contributed by atoms with Crippen LogP contribution >= 0.6 is 22.2 Å². The molecule has 0 N–H and O–H groups in total. The summed E-state index contributed by atoms with van der Waals surface area (Å²) in [5.41, 5.74) is 0. The normalized spacial score (nSPS) is 23.3. The van der Waals surface area contributed by atoms with Crippen LogP contribution in [0, 0.1) is 0 Å². The average molecular weight is 361 g/mol. The van der Waals surface area contributed by atoms with Crippen LogP contribution in [0.15, 0.2) is 0 Å². The first-order chi connectivity index (χ1) is 10.1. The van der Waals surface area contributed by atoms with Gasteiger partial charge in [0.1, 0.15) is 6.10 Å². The molecule has 0 radical (unpaired) electrons. The van der Waals surface area contributed by atoms with Crippen LogP contribution in [0.4, 0.5) is 0 Å². The van der Waals surface area contributed by atoms with Crippen molar-refractivity contribution in [2.45, 2.75) is 25.1 Å².